The lowest BCUT2D eigenvalue weighted by atomic mass is 9.98. The number of aliphatic hydroxyl groups excluding tert-OH is 1. The highest BCUT2D eigenvalue weighted by Crippen LogP contribution is 2.53. The Hall–Kier alpha value is 0.110. The molecule has 0 radical (unpaired) electrons. The quantitative estimate of drug-likeness (QED) is 0.714. The number of hydrogen-bond donors (Lipinski definition) is 1. The van der Waals surface area contributed by atoms with Gasteiger partial charge in [-0.1, -0.05) is 38.5 Å². The van der Waals surface area contributed by atoms with Crippen LogP contribution in [0.15, 0.2) is 0 Å². The molecule has 0 heterocycles. The average molecular weight is 304 g/mol. The van der Waals surface area contributed by atoms with Crippen LogP contribution in [0.1, 0.15) is 70.6 Å². The van der Waals surface area contributed by atoms with Crippen LogP contribution in [0.5, 0.6) is 0 Å². The molecule has 20 heavy (non-hydrogen) atoms. The molecule has 4 nitrogen and oxygen atoms in total. The molecular weight excluding hydrogens is 275 g/mol. The van der Waals surface area contributed by atoms with Gasteiger partial charge in [-0.15, -0.1) is 0 Å². The van der Waals surface area contributed by atoms with Gasteiger partial charge in [0.2, 0.25) is 0 Å². The minimum Gasteiger partial charge on any atom is -0.396 e. The van der Waals surface area contributed by atoms with Gasteiger partial charge in [0, 0.05) is 6.61 Å². The van der Waals surface area contributed by atoms with Crippen molar-refractivity contribution in [3.8, 4) is 0 Å². The van der Waals surface area contributed by atoms with Gasteiger partial charge in [0.25, 0.3) is 0 Å². The standard InChI is InChI=1S/C15H29O4P/c16-12-7-13-20(17,18-14-8-3-1-4-9-14)19-15-10-5-2-6-11-15/h14-16H,1-13H2. The van der Waals surface area contributed by atoms with Crippen molar-refractivity contribution in [2.75, 3.05) is 12.8 Å². The van der Waals surface area contributed by atoms with Crippen LogP contribution in [-0.2, 0) is 13.6 Å². The van der Waals surface area contributed by atoms with E-state index in [9.17, 15) is 4.57 Å². The molecule has 0 aromatic rings. The van der Waals surface area contributed by atoms with Crippen LogP contribution in [0.25, 0.3) is 0 Å². The molecule has 0 amide bonds. The van der Waals surface area contributed by atoms with Crippen molar-refractivity contribution in [1.82, 2.24) is 0 Å². The van der Waals surface area contributed by atoms with Crippen molar-refractivity contribution in [2.24, 2.45) is 0 Å². The lowest BCUT2D eigenvalue weighted by Crippen LogP contribution is -2.21. The molecule has 0 saturated heterocycles. The van der Waals surface area contributed by atoms with Crippen LogP contribution < -0.4 is 0 Å². The fraction of sp³-hybridized carbons (Fsp3) is 1.00. The molecule has 0 bridgehead atoms. The zero-order valence-electron chi connectivity index (χ0n) is 12.5. The van der Waals surface area contributed by atoms with Gasteiger partial charge in [-0.2, -0.15) is 0 Å². The number of hydrogen-bond acceptors (Lipinski definition) is 4. The molecule has 2 saturated carbocycles. The summed E-state index contributed by atoms with van der Waals surface area (Å²) in [5, 5.41) is 9.01. The Labute approximate surface area is 122 Å². The van der Waals surface area contributed by atoms with E-state index in [1.54, 1.807) is 0 Å². The molecule has 0 aliphatic heterocycles. The monoisotopic (exact) mass is 304 g/mol. The second kappa shape index (κ2) is 8.53. The van der Waals surface area contributed by atoms with Crippen molar-refractivity contribution < 1.29 is 18.7 Å². The van der Waals surface area contributed by atoms with E-state index in [1.165, 1.54) is 12.8 Å². The Balaban J connectivity index is 1.90. The van der Waals surface area contributed by atoms with E-state index in [0.29, 0.717) is 12.6 Å². The Bertz CT molecular complexity index is 285. The third-order valence-electron chi connectivity index (χ3n) is 4.31. The smallest absolute Gasteiger partial charge is 0.331 e. The SMILES string of the molecule is O=P(CCCO)(OC1CCCCC1)OC1CCCCC1. The van der Waals surface area contributed by atoms with E-state index >= 15 is 0 Å². The van der Waals surface area contributed by atoms with E-state index < -0.39 is 7.60 Å². The van der Waals surface area contributed by atoms with Crippen molar-refractivity contribution in [3.05, 3.63) is 0 Å². The van der Waals surface area contributed by atoms with E-state index in [4.69, 9.17) is 14.2 Å². The summed E-state index contributed by atoms with van der Waals surface area (Å²) in [6.07, 6.45) is 12.2. The molecular formula is C15H29O4P. The van der Waals surface area contributed by atoms with Gasteiger partial charge in [0.1, 0.15) is 0 Å². The summed E-state index contributed by atoms with van der Waals surface area (Å²) in [6, 6.07) is 0. The summed E-state index contributed by atoms with van der Waals surface area (Å²) >= 11 is 0. The number of aliphatic hydroxyl groups is 1. The molecule has 2 aliphatic carbocycles. The number of rotatable bonds is 7. The first-order valence-corrected chi connectivity index (χ1v) is 10.0. The summed E-state index contributed by atoms with van der Waals surface area (Å²) in [5.74, 6) is 0. The topological polar surface area (TPSA) is 55.8 Å². The summed E-state index contributed by atoms with van der Waals surface area (Å²) in [6.45, 7) is 0.0477. The molecule has 1 N–H and O–H groups in total. The van der Waals surface area contributed by atoms with Gasteiger partial charge in [-0.05, 0) is 32.1 Å². The summed E-state index contributed by atoms with van der Waals surface area (Å²) < 4.78 is 24.8. The second-order valence-electron chi connectivity index (χ2n) is 6.14. The van der Waals surface area contributed by atoms with Crippen LogP contribution in [0.3, 0.4) is 0 Å². The minimum atomic E-state index is -3.03. The summed E-state index contributed by atoms with van der Waals surface area (Å²) in [7, 11) is -3.03. The van der Waals surface area contributed by atoms with Crippen molar-refractivity contribution in [2.45, 2.75) is 82.8 Å². The maximum absolute atomic E-state index is 13.0. The minimum absolute atomic E-state index is 0.0477. The van der Waals surface area contributed by atoms with Gasteiger partial charge in [-0.25, -0.2) is 0 Å². The summed E-state index contributed by atoms with van der Waals surface area (Å²) in [4.78, 5) is 0. The van der Waals surface area contributed by atoms with Crippen LogP contribution >= 0.6 is 7.60 Å². The lowest BCUT2D eigenvalue weighted by Gasteiger charge is -2.31. The van der Waals surface area contributed by atoms with Crippen molar-refractivity contribution in [1.29, 1.82) is 0 Å². The van der Waals surface area contributed by atoms with E-state index in [1.807, 2.05) is 0 Å². The Morgan fingerprint density at radius 1 is 0.850 bits per heavy atom. The average Bonchev–Trinajstić information content (AvgIpc) is 2.47. The zero-order valence-corrected chi connectivity index (χ0v) is 13.4. The zero-order chi connectivity index (χ0) is 14.3. The molecule has 118 valence electrons. The predicted molar refractivity (Wildman–Crippen MR) is 80.1 cm³/mol. The van der Waals surface area contributed by atoms with Gasteiger partial charge in [0.05, 0.1) is 18.4 Å². The maximum Gasteiger partial charge on any atom is 0.331 e. The third-order valence-corrected chi connectivity index (χ3v) is 6.42. The molecule has 2 fully saturated rings. The molecule has 0 unspecified atom stereocenters. The van der Waals surface area contributed by atoms with Crippen LogP contribution in [0.2, 0.25) is 0 Å². The molecule has 0 atom stereocenters. The molecule has 5 heteroatoms. The van der Waals surface area contributed by atoms with E-state index in [2.05, 4.69) is 0 Å². The fourth-order valence-corrected chi connectivity index (χ4v) is 5.31. The lowest BCUT2D eigenvalue weighted by molar-refractivity contribution is 0.0783. The molecule has 0 aromatic carbocycles. The first kappa shape index (κ1) is 16.5. The molecule has 0 spiro atoms. The van der Waals surface area contributed by atoms with E-state index in [-0.39, 0.29) is 18.8 Å². The molecule has 0 aromatic heterocycles. The van der Waals surface area contributed by atoms with Crippen LogP contribution in [0, 0.1) is 0 Å². The highest BCUT2D eigenvalue weighted by Gasteiger charge is 2.32. The Morgan fingerprint density at radius 2 is 1.30 bits per heavy atom. The normalized spacial score (nSPS) is 23.1. The largest absolute Gasteiger partial charge is 0.396 e. The third kappa shape index (κ3) is 5.48. The maximum atomic E-state index is 13.0. The highest BCUT2D eigenvalue weighted by atomic mass is 31.2. The van der Waals surface area contributed by atoms with Crippen molar-refractivity contribution >= 4 is 7.60 Å². The predicted octanol–water partition coefficient (Wildman–Crippen LogP) is 4.26. The summed E-state index contributed by atoms with van der Waals surface area (Å²) in [5.41, 5.74) is 0. The van der Waals surface area contributed by atoms with Gasteiger partial charge < -0.3 is 14.2 Å². The highest BCUT2D eigenvalue weighted by molar-refractivity contribution is 7.53. The Kier molecular flexibility index (Phi) is 7.03. The van der Waals surface area contributed by atoms with Gasteiger partial charge in [0.15, 0.2) is 0 Å². The van der Waals surface area contributed by atoms with Gasteiger partial charge in [-0.3, -0.25) is 4.57 Å². The molecule has 2 rings (SSSR count). The first-order chi connectivity index (χ1) is 9.72. The van der Waals surface area contributed by atoms with Crippen LogP contribution in [0.4, 0.5) is 0 Å². The van der Waals surface area contributed by atoms with E-state index in [0.717, 1.165) is 51.4 Å². The van der Waals surface area contributed by atoms with Crippen molar-refractivity contribution in [3.63, 3.8) is 0 Å². The fourth-order valence-electron chi connectivity index (χ4n) is 3.19. The molecule has 2 aliphatic rings. The Morgan fingerprint density at radius 3 is 1.70 bits per heavy atom. The van der Waals surface area contributed by atoms with Gasteiger partial charge >= 0.3 is 7.60 Å². The first-order valence-electron chi connectivity index (χ1n) is 8.28. The van der Waals surface area contributed by atoms with Crippen LogP contribution in [-0.4, -0.2) is 30.1 Å². The second-order valence-corrected chi connectivity index (χ2v) is 8.23.